The van der Waals surface area contributed by atoms with Gasteiger partial charge in [0.15, 0.2) is 5.75 Å². The average molecular weight is 338 g/mol. The van der Waals surface area contributed by atoms with Gasteiger partial charge in [-0.05, 0) is 39.3 Å². The van der Waals surface area contributed by atoms with E-state index in [-0.39, 0.29) is 12.1 Å². The molecule has 23 heavy (non-hydrogen) atoms. The molecule has 0 aliphatic rings. The van der Waals surface area contributed by atoms with E-state index in [1.165, 1.54) is 7.11 Å². The molecule has 1 heterocycles. The summed E-state index contributed by atoms with van der Waals surface area (Å²) in [5.74, 6) is 1.20. The number of para-hydroxylation sites is 1. The van der Waals surface area contributed by atoms with Crippen molar-refractivity contribution in [3.8, 4) is 5.75 Å². The van der Waals surface area contributed by atoms with Crippen molar-refractivity contribution in [1.82, 2.24) is 10.5 Å². The number of halogens is 1. The second-order valence-corrected chi connectivity index (χ2v) is 5.73. The second-order valence-electron chi connectivity index (χ2n) is 5.33. The van der Waals surface area contributed by atoms with E-state index in [0.29, 0.717) is 22.9 Å². The number of aryl methyl sites for hydroxylation is 2. The number of hydrogen-bond donors (Lipinski definition) is 2. The van der Waals surface area contributed by atoms with Gasteiger partial charge < -0.3 is 19.9 Å². The van der Waals surface area contributed by atoms with Crippen LogP contribution in [0.1, 0.15) is 23.9 Å². The highest BCUT2D eigenvalue weighted by Crippen LogP contribution is 2.32. The number of urea groups is 1. The SMILES string of the molecule is COc1c(Cl)cccc1NC(=O)N[C@H](C)Cc1c(C)noc1C. The van der Waals surface area contributed by atoms with Gasteiger partial charge in [0, 0.05) is 11.6 Å². The van der Waals surface area contributed by atoms with Gasteiger partial charge in [0.25, 0.3) is 0 Å². The molecule has 0 bridgehead atoms. The Hall–Kier alpha value is -2.21. The largest absolute Gasteiger partial charge is 0.493 e. The van der Waals surface area contributed by atoms with E-state index in [1.807, 2.05) is 20.8 Å². The van der Waals surface area contributed by atoms with E-state index >= 15 is 0 Å². The number of nitrogens with one attached hydrogen (secondary N) is 2. The zero-order valence-corrected chi connectivity index (χ0v) is 14.3. The van der Waals surface area contributed by atoms with Crippen LogP contribution in [0, 0.1) is 13.8 Å². The van der Waals surface area contributed by atoms with E-state index in [1.54, 1.807) is 18.2 Å². The van der Waals surface area contributed by atoms with Gasteiger partial charge in [-0.15, -0.1) is 0 Å². The molecule has 0 aliphatic heterocycles. The normalized spacial score (nSPS) is 11.9. The topological polar surface area (TPSA) is 76.4 Å². The molecule has 0 aliphatic carbocycles. The van der Waals surface area contributed by atoms with Gasteiger partial charge in [0.2, 0.25) is 0 Å². The maximum Gasteiger partial charge on any atom is 0.319 e. The first-order valence-electron chi connectivity index (χ1n) is 7.24. The number of benzene rings is 1. The minimum atomic E-state index is -0.329. The number of carbonyl (C=O) groups is 1. The predicted octanol–water partition coefficient (Wildman–Crippen LogP) is 3.71. The van der Waals surface area contributed by atoms with Crippen molar-refractivity contribution in [1.29, 1.82) is 0 Å². The summed E-state index contributed by atoms with van der Waals surface area (Å²) in [5.41, 5.74) is 2.37. The van der Waals surface area contributed by atoms with Gasteiger partial charge in [-0.25, -0.2) is 4.79 Å². The van der Waals surface area contributed by atoms with Gasteiger partial charge in [0.1, 0.15) is 5.76 Å². The molecular weight excluding hydrogens is 318 g/mol. The van der Waals surface area contributed by atoms with Crippen molar-refractivity contribution >= 4 is 23.3 Å². The third-order valence-electron chi connectivity index (χ3n) is 3.49. The van der Waals surface area contributed by atoms with Crippen molar-refractivity contribution in [2.45, 2.75) is 33.2 Å². The molecule has 7 heteroatoms. The lowest BCUT2D eigenvalue weighted by Gasteiger charge is -2.16. The van der Waals surface area contributed by atoms with E-state index in [4.69, 9.17) is 20.9 Å². The maximum absolute atomic E-state index is 12.1. The van der Waals surface area contributed by atoms with Gasteiger partial charge >= 0.3 is 6.03 Å². The standard InChI is InChI=1S/C16H20ClN3O3/c1-9(8-12-10(2)20-23-11(12)3)18-16(21)19-14-7-5-6-13(17)15(14)22-4/h5-7,9H,8H2,1-4H3,(H2,18,19,21)/t9-/m1/s1. The van der Waals surface area contributed by atoms with Crippen LogP contribution in [0.5, 0.6) is 5.75 Å². The average Bonchev–Trinajstić information content (AvgIpc) is 2.79. The molecule has 2 rings (SSSR count). The number of nitrogens with zero attached hydrogens (tertiary/aromatic N) is 1. The second kappa shape index (κ2) is 7.37. The Bertz CT molecular complexity index is 680. The lowest BCUT2D eigenvalue weighted by molar-refractivity contribution is 0.249. The number of ether oxygens (including phenoxy) is 1. The third-order valence-corrected chi connectivity index (χ3v) is 3.79. The lowest BCUT2D eigenvalue weighted by Crippen LogP contribution is -2.37. The fourth-order valence-electron chi connectivity index (χ4n) is 2.35. The Morgan fingerprint density at radius 3 is 2.78 bits per heavy atom. The molecule has 2 amide bonds. The van der Waals surface area contributed by atoms with Crippen LogP contribution in [-0.4, -0.2) is 24.3 Å². The number of rotatable bonds is 5. The summed E-state index contributed by atoms with van der Waals surface area (Å²) in [6, 6.07) is 4.75. The van der Waals surface area contributed by atoms with Gasteiger partial charge in [-0.1, -0.05) is 22.8 Å². The molecule has 1 atom stereocenters. The summed E-state index contributed by atoms with van der Waals surface area (Å²) in [4.78, 5) is 12.1. The number of carbonyl (C=O) groups excluding carboxylic acids is 1. The monoisotopic (exact) mass is 337 g/mol. The quantitative estimate of drug-likeness (QED) is 0.872. The van der Waals surface area contributed by atoms with E-state index < -0.39 is 0 Å². The van der Waals surface area contributed by atoms with Crippen molar-refractivity contribution in [2.24, 2.45) is 0 Å². The Labute approximate surface area is 140 Å². The molecule has 2 aromatic rings. The summed E-state index contributed by atoms with van der Waals surface area (Å²) >= 11 is 6.03. The highest BCUT2D eigenvalue weighted by Gasteiger charge is 2.16. The molecule has 0 fully saturated rings. The first-order chi connectivity index (χ1) is 10.9. The summed E-state index contributed by atoms with van der Waals surface area (Å²) < 4.78 is 10.3. The van der Waals surface area contributed by atoms with Crippen LogP contribution in [0.3, 0.4) is 0 Å². The molecule has 0 saturated carbocycles. The van der Waals surface area contributed by atoms with Crippen molar-refractivity contribution in [3.05, 3.63) is 40.2 Å². The fourth-order valence-corrected chi connectivity index (χ4v) is 2.60. The number of amides is 2. The molecule has 1 aromatic carbocycles. The summed E-state index contributed by atoms with van der Waals surface area (Å²) in [7, 11) is 1.50. The van der Waals surface area contributed by atoms with Crippen LogP contribution < -0.4 is 15.4 Å². The zero-order valence-electron chi connectivity index (χ0n) is 13.6. The number of aromatic nitrogens is 1. The highest BCUT2D eigenvalue weighted by molar-refractivity contribution is 6.32. The Balaban J connectivity index is 1.98. The van der Waals surface area contributed by atoms with Crippen molar-refractivity contribution in [3.63, 3.8) is 0 Å². The Morgan fingerprint density at radius 2 is 2.17 bits per heavy atom. The Morgan fingerprint density at radius 1 is 1.43 bits per heavy atom. The molecule has 0 spiro atoms. The van der Waals surface area contributed by atoms with E-state index in [2.05, 4.69) is 15.8 Å². The van der Waals surface area contributed by atoms with E-state index in [9.17, 15) is 4.79 Å². The molecule has 0 unspecified atom stereocenters. The van der Waals surface area contributed by atoms with Gasteiger partial charge in [-0.3, -0.25) is 0 Å². The van der Waals surface area contributed by atoms with Crippen molar-refractivity contribution < 1.29 is 14.1 Å². The number of methoxy groups -OCH3 is 1. The smallest absolute Gasteiger partial charge is 0.319 e. The molecule has 6 nitrogen and oxygen atoms in total. The Kier molecular flexibility index (Phi) is 5.50. The van der Waals surface area contributed by atoms with Gasteiger partial charge in [-0.2, -0.15) is 0 Å². The number of anilines is 1. The van der Waals surface area contributed by atoms with Crippen LogP contribution in [0.2, 0.25) is 5.02 Å². The lowest BCUT2D eigenvalue weighted by atomic mass is 10.1. The van der Waals surface area contributed by atoms with Crippen LogP contribution in [0.25, 0.3) is 0 Å². The summed E-state index contributed by atoms with van der Waals surface area (Å²) in [6.45, 7) is 5.66. The summed E-state index contributed by atoms with van der Waals surface area (Å²) in [5, 5.41) is 9.97. The van der Waals surface area contributed by atoms with Crippen LogP contribution in [0.15, 0.2) is 22.7 Å². The van der Waals surface area contributed by atoms with Crippen LogP contribution >= 0.6 is 11.6 Å². The van der Waals surface area contributed by atoms with Gasteiger partial charge in [0.05, 0.1) is 23.5 Å². The zero-order chi connectivity index (χ0) is 17.0. The molecule has 1 aromatic heterocycles. The first kappa shape index (κ1) is 17.1. The minimum Gasteiger partial charge on any atom is -0.493 e. The number of hydrogen-bond acceptors (Lipinski definition) is 4. The molecule has 0 saturated heterocycles. The minimum absolute atomic E-state index is 0.0861. The summed E-state index contributed by atoms with van der Waals surface area (Å²) in [6.07, 6.45) is 0.640. The highest BCUT2D eigenvalue weighted by atomic mass is 35.5. The first-order valence-corrected chi connectivity index (χ1v) is 7.62. The van der Waals surface area contributed by atoms with E-state index in [0.717, 1.165) is 17.0 Å². The maximum atomic E-state index is 12.1. The molecule has 2 N–H and O–H groups in total. The predicted molar refractivity (Wildman–Crippen MR) is 89.3 cm³/mol. The van der Waals surface area contributed by atoms with Crippen molar-refractivity contribution in [2.75, 3.05) is 12.4 Å². The third kappa shape index (κ3) is 4.16. The van der Waals surface area contributed by atoms with Crippen LogP contribution in [0.4, 0.5) is 10.5 Å². The van der Waals surface area contributed by atoms with Crippen LogP contribution in [-0.2, 0) is 6.42 Å². The fraction of sp³-hybridized carbons (Fsp3) is 0.375. The molecular formula is C16H20ClN3O3. The molecule has 124 valence electrons. The molecule has 0 radical (unpaired) electrons.